The average molecular weight is 287 g/mol. The summed E-state index contributed by atoms with van der Waals surface area (Å²) in [6, 6.07) is 12.7. The molecule has 0 amide bonds. The molecule has 0 aromatic heterocycles. The largest absolute Gasteiger partial charge is 0.492 e. The molecule has 2 rings (SSSR count). The van der Waals surface area contributed by atoms with Crippen LogP contribution in [0.3, 0.4) is 0 Å². The number of nitrogens with zero attached hydrogens (tertiary/aromatic N) is 1. The van der Waals surface area contributed by atoms with E-state index in [1.54, 1.807) is 36.4 Å². The molecule has 6 heteroatoms. The highest BCUT2D eigenvalue weighted by molar-refractivity contribution is 5.90. The first-order chi connectivity index (χ1) is 10.1. The first-order valence-electron chi connectivity index (χ1n) is 6.27. The van der Waals surface area contributed by atoms with E-state index in [0.29, 0.717) is 12.0 Å². The van der Waals surface area contributed by atoms with Gasteiger partial charge in [0.2, 0.25) is 0 Å². The second-order valence-corrected chi connectivity index (χ2v) is 4.29. The summed E-state index contributed by atoms with van der Waals surface area (Å²) < 4.78 is 5.43. The molecule has 0 heterocycles. The monoisotopic (exact) mass is 287 g/mol. The van der Waals surface area contributed by atoms with Crippen LogP contribution in [-0.4, -0.2) is 22.6 Å². The lowest BCUT2D eigenvalue weighted by Crippen LogP contribution is -2.07. The molecule has 0 unspecified atom stereocenters. The molecule has 0 saturated carbocycles. The van der Waals surface area contributed by atoms with Crippen molar-refractivity contribution in [3.8, 4) is 5.75 Å². The summed E-state index contributed by atoms with van der Waals surface area (Å²) in [5, 5.41) is 19.9. The smallest absolute Gasteiger partial charge is 0.339 e. The zero-order valence-electron chi connectivity index (χ0n) is 11.1. The number of aromatic carboxylic acids is 1. The van der Waals surface area contributed by atoms with Crippen molar-refractivity contribution < 1.29 is 19.6 Å². The molecule has 1 N–H and O–H groups in total. The third kappa shape index (κ3) is 3.56. The lowest BCUT2D eigenvalue weighted by molar-refractivity contribution is -0.385. The van der Waals surface area contributed by atoms with Crippen LogP contribution in [0.15, 0.2) is 48.5 Å². The number of carboxylic acids is 1. The van der Waals surface area contributed by atoms with E-state index in [2.05, 4.69) is 0 Å². The fourth-order valence-corrected chi connectivity index (χ4v) is 1.94. The first-order valence-corrected chi connectivity index (χ1v) is 6.27. The van der Waals surface area contributed by atoms with Gasteiger partial charge in [-0.15, -0.1) is 0 Å². The molecule has 6 nitrogen and oxygen atoms in total. The van der Waals surface area contributed by atoms with Crippen molar-refractivity contribution in [1.29, 1.82) is 0 Å². The summed E-state index contributed by atoms with van der Waals surface area (Å²) in [6.45, 7) is 0.162. The molecule has 0 atom stereocenters. The maximum absolute atomic E-state index is 11.0. The molecule has 0 aliphatic carbocycles. The zero-order chi connectivity index (χ0) is 15.2. The molecule has 2 aromatic carbocycles. The molecule has 108 valence electrons. The molecule has 0 bridgehead atoms. The van der Waals surface area contributed by atoms with Gasteiger partial charge in [-0.05, 0) is 12.1 Å². The highest BCUT2D eigenvalue weighted by atomic mass is 16.6. The standard InChI is InChI=1S/C15H13NO5/c17-15(18)12-6-2-4-8-14(12)21-10-9-11-5-1-3-7-13(11)16(19)20/h1-8H,9-10H2,(H,17,18). The number of hydrogen-bond acceptors (Lipinski definition) is 4. The Morgan fingerprint density at radius 3 is 2.52 bits per heavy atom. The van der Waals surface area contributed by atoms with Gasteiger partial charge in [0.1, 0.15) is 11.3 Å². The highest BCUT2D eigenvalue weighted by Crippen LogP contribution is 2.20. The normalized spacial score (nSPS) is 10.1. The molecule has 21 heavy (non-hydrogen) atoms. The van der Waals surface area contributed by atoms with Gasteiger partial charge in [-0.3, -0.25) is 10.1 Å². The van der Waals surface area contributed by atoms with E-state index in [1.165, 1.54) is 12.1 Å². The van der Waals surface area contributed by atoms with Gasteiger partial charge in [0, 0.05) is 18.1 Å². The number of rotatable bonds is 6. The van der Waals surface area contributed by atoms with Gasteiger partial charge in [0.15, 0.2) is 0 Å². The highest BCUT2D eigenvalue weighted by Gasteiger charge is 2.13. The van der Waals surface area contributed by atoms with E-state index in [9.17, 15) is 14.9 Å². The fourth-order valence-electron chi connectivity index (χ4n) is 1.94. The van der Waals surface area contributed by atoms with E-state index >= 15 is 0 Å². The van der Waals surface area contributed by atoms with Crippen molar-refractivity contribution in [2.24, 2.45) is 0 Å². The van der Waals surface area contributed by atoms with Crippen molar-refractivity contribution in [1.82, 2.24) is 0 Å². The minimum Gasteiger partial charge on any atom is -0.492 e. The summed E-state index contributed by atoms with van der Waals surface area (Å²) >= 11 is 0. The number of nitro groups is 1. The Bertz CT molecular complexity index is 611. The van der Waals surface area contributed by atoms with Crippen LogP contribution in [0.5, 0.6) is 5.75 Å². The number of carbonyl (C=O) groups is 1. The Kier molecular flexibility index (Phi) is 4.50. The van der Waals surface area contributed by atoms with Gasteiger partial charge in [0.25, 0.3) is 5.69 Å². The Balaban J connectivity index is 2.06. The van der Waals surface area contributed by atoms with Crippen LogP contribution < -0.4 is 4.74 Å². The van der Waals surface area contributed by atoms with Crippen LogP contribution in [0.25, 0.3) is 0 Å². The topological polar surface area (TPSA) is 89.7 Å². The van der Waals surface area contributed by atoms with Crippen LogP contribution in [0.1, 0.15) is 15.9 Å². The van der Waals surface area contributed by atoms with Gasteiger partial charge in [-0.2, -0.15) is 0 Å². The molecule has 0 fully saturated rings. The first kappa shape index (κ1) is 14.5. The van der Waals surface area contributed by atoms with Crippen LogP contribution in [0.4, 0.5) is 5.69 Å². The van der Waals surface area contributed by atoms with Crippen LogP contribution >= 0.6 is 0 Å². The van der Waals surface area contributed by atoms with Gasteiger partial charge < -0.3 is 9.84 Å². The van der Waals surface area contributed by atoms with E-state index in [1.807, 2.05) is 0 Å². The summed E-state index contributed by atoms with van der Waals surface area (Å²) in [5.41, 5.74) is 0.656. The second kappa shape index (κ2) is 6.51. The Morgan fingerprint density at radius 1 is 1.14 bits per heavy atom. The second-order valence-electron chi connectivity index (χ2n) is 4.29. The molecular weight excluding hydrogens is 274 g/mol. The fraction of sp³-hybridized carbons (Fsp3) is 0.133. The van der Waals surface area contributed by atoms with Crippen molar-refractivity contribution >= 4 is 11.7 Å². The van der Waals surface area contributed by atoms with E-state index in [-0.39, 0.29) is 23.6 Å². The summed E-state index contributed by atoms with van der Waals surface area (Å²) in [5.74, 6) is -0.820. The number of para-hydroxylation sites is 2. The van der Waals surface area contributed by atoms with Gasteiger partial charge in [-0.25, -0.2) is 4.79 Å². The van der Waals surface area contributed by atoms with E-state index in [0.717, 1.165) is 0 Å². The molecule has 0 saturated heterocycles. The van der Waals surface area contributed by atoms with Crippen LogP contribution in [-0.2, 0) is 6.42 Å². The molecule has 0 spiro atoms. The van der Waals surface area contributed by atoms with Gasteiger partial charge in [0.05, 0.1) is 11.5 Å². The van der Waals surface area contributed by atoms with E-state index < -0.39 is 10.9 Å². The summed E-state index contributed by atoms with van der Waals surface area (Å²) in [7, 11) is 0. The quantitative estimate of drug-likeness (QED) is 0.651. The van der Waals surface area contributed by atoms with Crippen LogP contribution in [0, 0.1) is 10.1 Å². The van der Waals surface area contributed by atoms with Gasteiger partial charge in [-0.1, -0.05) is 30.3 Å². The van der Waals surface area contributed by atoms with Crippen molar-refractivity contribution in [3.63, 3.8) is 0 Å². The Labute approximate surface area is 120 Å². The lowest BCUT2D eigenvalue weighted by Gasteiger charge is -2.09. The molecule has 2 aromatic rings. The van der Waals surface area contributed by atoms with Gasteiger partial charge >= 0.3 is 5.97 Å². The predicted molar refractivity (Wildman–Crippen MR) is 75.7 cm³/mol. The maximum Gasteiger partial charge on any atom is 0.339 e. The lowest BCUT2D eigenvalue weighted by atomic mass is 10.1. The average Bonchev–Trinajstić information content (AvgIpc) is 2.48. The SMILES string of the molecule is O=C(O)c1ccccc1OCCc1ccccc1[N+](=O)[O-]. The number of ether oxygens (including phenoxy) is 1. The van der Waals surface area contributed by atoms with Crippen LogP contribution in [0.2, 0.25) is 0 Å². The third-order valence-electron chi connectivity index (χ3n) is 2.93. The minimum absolute atomic E-state index is 0.0348. The predicted octanol–water partition coefficient (Wildman–Crippen LogP) is 2.91. The maximum atomic E-state index is 11.0. The number of benzene rings is 2. The molecule has 0 aliphatic heterocycles. The zero-order valence-corrected chi connectivity index (χ0v) is 11.1. The summed E-state index contributed by atoms with van der Waals surface area (Å²) in [4.78, 5) is 21.5. The molecular formula is C15H13NO5. The Morgan fingerprint density at radius 2 is 1.81 bits per heavy atom. The third-order valence-corrected chi connectivity index (χ3v) is 2.93. The molecule has 0 radical (unpaired) electrons. The number of nitro benzene ring substituents is 1. The number of carboxylic acid groups (broad SMARTS) is 1. The molecule has 0 aliphatic rings. The Hall–Kier alpha value is -2.89. The number of hydrogen-bond donors (Lipinski definition) is 1. The van der Waals surface area contributed by atoms with Crippen molar-refractivity contribution in [2.45, 2.75) is 6.42 Å². The van der Waals surface area contributed by atoms with Crippen molar-refractivity contribution in [3.05, 3.63) is 69.8 Å². The van der Waals surface area contributed by atoms with Crippen molar-refractivity contribution in [2.75, 3.05) is 6.61 Å². The minimum atomic E-state index is -1.07. The van der Waals surface area contributed by atoms with E-state index in [4.69, 9.17) is 9.84 Å². The summed E-state index contributed by atoms with van der Waals surface area (Å²) in [6.07, 6.45) is 0.325.